The second-order valence-electron chi connectivity index (χ2n) is 4.79. The molecule has 0 aromatic carbocycles. The molecule has 0 aliphatic carbocycles. The molecule has 0 bridgehead atoms. The first-order valence-corrected chi connectivity index (χ1v) is 6.46. The van der Waals surface area contributed by atoms with Crippen LogP contribution in [0.5, 0.6) is 0 Å². The zero-order chi connectivity index (χ0) is 12.7. The highest BCUT2D eigenvalue weighted by Crippen LogP contribution is 2.13. The summed E-state index contributed by atoms with van der Waals surface area (Å²) in [5, 5.41) is 3.30. The molecule has 3 heteroatoms. The average Bonchev–Trinajstić information content (AvgIpc) is 2.34. The van der Waals surface area contributed by atoms with Crippen LogP contribution < -0.4 is 5.32 Å². The summed E-state index contributed by atoms with van der Waals surface area (Å²) in [6, 6.07) is 4.77. The van der Waals surface area contributed by atoms with Crippen LogP contribution in [0.2, 0.25) is 0 Å². The molecule has 0 radical (unpaired) electrons. The molecule has 1 N–H and O–H groups in total. The minimum absolute atomic E-state index is 0.582. The summed E-state index contributed by atoms with van der Waals surface area (Å²) in [4.78, 5) is 6.59. The van der Waals surface area contributed by atoms with Crippen LogP contribution in [0.4, 0.5) is 0 Å². The highest BCUT2D eigenvalue weighted by atomic mass is 15.2. The van der Waals surface area contributed by atoms with Crippen LogP contribution in [0, 0.1) is 5.92 Å². The lowest BCUT2D eigenvalue weighted by molar-refractivity contribution is 0.153. The second kappa shape index (κ2) is 7.41. The molecule has 0 amide bonds. The van der Waals surface area contributed by atoms with Gasteiger partial charge in [0.05, 0.1) is 0 Å². The Labute approximate surface area is 105 Å². The van der Waals surface area contributed by atoms with Gasteiger partial charge in [-0.2, -0.15) is 0 Å². The highest BCUT2D eigenvalue weighted by molar-refractivity contribution is 5.09. The van der Waals surface area contributed by atoms with Gasteiger partial charge in [0, 0.05) is 31.5 Å². The van der Waals surface area contributed by atoms with Gasteiger partial charge in [0.2, 0.25) is 0 Å². The van der Waals surface area contributed by atoms with Crippen molar-refractivity contribution >= 4 is 0 Å². The van der Waals surface area contributed by atoms with Crippen molar-refractivity contribution in [1.29, 1.82) is 0 Å². The Morgan fingerprint density at radius 2 is 1.94 bits per heavy atom. The van der Waals surface area contributed by atoms with E-state index in [9.17, 15) is 0 Å². The van der Waals surface area contributed by atoms with E-state index in [4.69, 9.17) is 0 Å². The number of aromatic nitrogens is 1. The van der Waals surface area contributed by atoms with Crippen LogP contribution in [-0.2, 0) is 6.54 Å². The first-order valence-electron chi connectivity index (χ1n) is 6.46. The minimum Gasteiger partial charge on any atom is -0.318 e. The van der Waals surface area contributed by atoms with Crippen LogP contribution in [0.1, 0.15) is 26.3 Å². The number of nitrogens with one attached hydrogen (secondary N) is 1. The zero-order valence-corrected chi connectivity index (χ0v) is 11.5. The zero-order valence-electron chi connectivity index (χ0n) is 11.5. The van der Waals surface area contributed by atoms with Crippen molar-refractivity contribution in [1.82, 2.24) is 15.2 Å². The van der Waals surface area contributed by atoms with E-state index in [0.29, 0.717) is 12.0 Å². The summed E-state index contributed by atoms with van der Waals surface area (Å²) in [5.74, 6) is 0.657. The Kier molecular flexibility index (Phi) is 6.16. The number of hydrogen-bond donors (Lipinski definition) is 1. The third kappa shape index (κ3) is 4.44. The maximum atomic E-state index is 4.06. The van der Waals surface area contributed by atoms with Crippen LogP contribution in [0.3, 0.4) is 0 Å². The molecule has 0 spiro atoms. The van der Waals surface area contributed by atoms with Gasteiger partial charge in [0.25, 0.3) is 0 Å². The Morgan fingerprint density at radius 1 is 1.29 bits per heavy atom. The Balaban J connectivity index is 2.69. The molecule has 0 aliphatic heterocycles. The van der Waals surface area contributed by atoms with Crippen LogP contribution in [0.15, 0.2) is 24.5 Å². The topological polar surface area (TPSA) is 28.2 Å². The lowest BCUT2D eigenvalue weighted by atomic mass is 10.0. The Morgan fingerprint density at radius 3 is 2.41 bits per heavy atom. The van der Waals surface area contributed by atoms with Crippen LogP contribution in [-0.4, -0.2) is 36.1 Å². The lowest BCUT2D eigenvalue weighted by Gasteiger charge is -2.33. The van der Waals surface area contributed by atoms with Gasteiger partial charge in [0.1, 0.15) is 0 Å². The van der Waals surface area contributed by atoms with Gasteiger partial charge >= 0.3 is 0 Å². The molecule has 0 aliphatic rings. The van der Waals surface area contributed by atoms with Gasteiger partial charge in [-0.05, 0) is 37.2 Å². The molecule has 1 aromatic heterocycles. The van der Waals surface area contributed by atoms with E-state index >= 15 is 0 Å². The third-order valence-corrected chi connectivity index (χ3v) is 3.19. The SMILES string of the molecule is CCN(Cc1ccncc1)C(CNC)C(C)C. The van der Waals surface area contributed by atoms with E-state index in [-0.39, 0.29) is 0 Å². The molecule has 1 heterocycles. The quantitative estimate of drug-likeness (QED) is 0.785. The molecule has 1 aromatic rings. The molecule has 1 unspecified atom stereocenters. The summed E-state index contributed by atoms with van der Waals surface area (Å²) in [5.41, 5.74) is 1.34. The molecule has 96 valence electrons. The predicted molar refractivity (Wildman–Crippen MR) is 72.9 cm³/mol. The number of hydrogen-bond acceptors (Lipinski definition) is 3. The van der Waals surface area contributed by atoms with Crippen molar-refractivity contribution in [2.24, 2.45) is 5.92 Å². The molecule has 17 heavy (non-hydrogen) atoms. The van der Waals surface area contributed by atoms with Gasteiger partial charge < -0.3 is 5.32 Å². The molecule has 1 atom stereocenters. The molecule has 1 rings (SSSR count). The molecular weight excluding hydrogens is 210 g/mol. The first kappa shape index (κ1) is 14.1. The summed E-state index contributed by atoms with van der Waals surface area (Å²) in [6.07, 6.45) is 3.73. The monoisotopic (exact) mass is 235 g/mol. The predicted octanol–water partition coefficient (Wildman–Crippen LogP) is 2.15. The van der Waals surface area contributed by atoms with Crippen molar-refractivity contribution in [3.63, 3.8) is 0 Å². The number of likely N-dealkylation sites (N-methyl/N-ethyl adjacent to an activating group) is 2. The van der Waals surface area contributed by atoms with Crippen molar-refractivity contribution in [3.8, 4) is 0 Å². The molecular formula is C14H25N3. The van der Waals surface area contributed by atoms with E-state index in [1.807, 2.05) is 19.4 Å². The summed E-state index contributed by atoms with van der Waals surface area (Å²) < 4.78 is 0. The maximum absolute atomic E-state index is 4.06. The third-order valence-electron chi connectivity index (χ3n) is 3.19. The van der Waals surface area contributed by atoms with Crippen LogP contribution in [0.25, 0.3) is 0 Å². The Bertz CT molecular complexity index is 298. The fourth-order valence-corrected chi connectivity index (χ4v) is 2.18. The summed E-state index contributed by atoms with van der Waals surface area (Å²) >= 11 is 0. The molecule has 0 saturated heterocycles. The van der Waals surface area contributed by atoms with Crippen molar-refractivity contribution in [3.05, 3.63) is 30.1 Å². The van der Waals surface area contributed by atoms with Crippen molar-refractivity contribution in [2.45, 2.75) is 33.4 Å². The van der Waals surface area contributed by atoms with Crippen LogP contribution >= 0.6 is 0 Å². The van der Waals surface area contributed by atoms with E-state index in [2.05, 4.69) is 48.1 Å². The summed E-state index contributed by atoms with van der Waals surface area (Å²) in [7, 11) is 2.02. The van der Waals surface area contributed by atoms with Crippen molar-refractivity contribution < 1.29 is 0 Å². The molecule has 0 saturated carbocycles. The fourth-order valence-electron chi connectivity index (χ4n) is 2.18. The standard InChI is InChI=1S/C14H25N3/c1-5-17(14(10-15-4)12(2)3)11-13-6-8-16-9-7-13/h6-9,12,14-15H,5,10-11H2,1-4H3. The Hall–Kier alpha value is -0.930. The van der Waals surface area contributed by atoms with Gasteiger partial charge in [-0.25, -0.2) is 0 Å². The summed E-state index contributed by atoms with van der Waals surface area (Å²) in [6.45, 7) is 9.92. The average molecular weight is 235 g/mol. The molecule has 3 nitrogen and oxygen atoms in total. The number of rotatable bonds is 7. The van der Waals surface area contributed by atoms with E-state index in [1.165, 1.54) is 5.56 Å². The highest BCUT2D eigenvalue weighted by Gasteiger charge is 2.19. The molecule has 0 fully saturated rings. The van der Waals surface area contributed by atoms with Gasteiger partial charge in [0.15, 0.2) is 0 Å². The number of nitrogens with zero attached hydrogens (tertiary/aromatic N) is 2. The largest absolute Gasteiger partial charge is 0.318 e. The van der Waals surface area contributed by atoms with Gasteiger partial charge in [-0.1, -0.05) is 20.8 Å². The fraction of sp³-hybridized carbons (Fsp3) is 0.643. The lowest BCUT2D eigenvalue weighted by Crippen LogP contribution is -2.44. The van der Waals surface area contributed by atoms with E-state index in [1.54, 1.807) is 0 Å². The van der Waals surface area contributed by atoms with E-state index in [0.717, 1.165) is 19.6 Å². The van der Waals surface area contributed by atoms with E-state index < -0.39 is 0 Å². The first-order chi connectivity index (χ1) is 8.19. The van der Waals surface area contributed by atoms with Crippen molar-refractivity contribution in [2.75, 3.05) is 20.1 Å². The van der Waals surface area contributed by atoms with Gasteiger partial charge in [-0.15, -0.1) is 0 Å². The van der Waals surface area contributed by atoms with Gasteiger partial charge in [-0.3, -0.25) is 9.88 Å². The second-order valence-corrected chi connectivity index (χ2v) is 4.79. The number of pyridine rings is 1. The maximum Gasteiger partial charge on any atom is 0.0271 e. The smallest absolute Gasteiger partial charge is 0.0271 e. The minimum atomic E-state index is 0.582. The normalized spacial score (nSPS) is 13.3.